The van der Waals surface area contributed by atoms with E-state index in [1.54, 1.807) is 12.1 Å². The van der Waals surface area contributed by atoms with Crippen molar-refractivity contribution >= 4 is 41.5 Å². The molecule has 8 heteroatoms. The van der Waals surface area contributed by atoms with E-state index in [9.17, 15) is 0 Å². The topological polar surface area (TPSA) is 75.3 Å². The summed E-state index contributed by atoms with van der Waals surface area (Å²) in [5.41, 5.74) is 0.824. The van der Waals surface area contributed by atoms with Crippen LogP contribution < -0.4 is 10.6 Å². The fourth-order valence-corrected chi connectivity index (χ4v) is 2.13. The number of benzene rings is 1. The first-order chi connectivity index (χ1) is 11.2. The van der Waals surface area contributed by atoms with Crippen molar-refractivity contribution in [2.75, 3.05) is 13.1 Å². The number of nitrogens with zero attached hydrogens (tertiary/aromatic N) is 3. The molecule has 2 rings (SSSR count). The first kappa shape index (κ1) is 20.7. The van der Waals surface area contributed by atoms with E-state index in [0.29, 0.717) is 23.3 Å². The Morgan fingerprint density at radius 1 is 1.29 bits per heavy atom. The molecule has 0 unspecified atom stereocenters. The number of aromatic nitrogens is 2. The molecule has 24 heavy (non-hydrogen) atoms. The second-order valence-electron chi connectivity index (χ2n) is 5.00. The van der Waals surface area contributed by atoms with Gasteiger partial charge >= 0.3 is 0 Å². The second kappa shape index (κ2) is 11.2. The Labute approximate surface area is 164 Å². The van der Waals surface area contributed by atoms with E-state index < -0.39 is 0 Å². The van der Waals surface area contributed by atoms with Gasteiger partial charge in [-0.3, -0.25) is 0 Å². The summed E-state index contributed by atoms with van der Waals surface area (Å²) >= 11 is 5.97. The Balaban J connectivity index is 0.00000288. The zero-order valence-electron chi connectivity index (χ0n) is 13.9. The van der Waals surface area contributed by atoms with Crippen molar-refractivity contribution < 1.29 is 4.52 Å². The van der Waals surface area contributed by atoms with Crippen molar-refractivity contribution in [3.63, 3.8) is 0 Å². The SMILES string of the molecule is CCCCNC(=NCc1nc(-c2cccc(Cl)c2)no1)NCC.I. The molecule has 0 fully saturated rings. The van der Waals surface area contributed by atoms with Crippen LogP contribution in [-0.2, 0) is 6.54 Å². The zero-order valence-corrected chi connectivity index (χ0v) is 17.0. The number of hydrogen-bond acceptors (Lipinski definition) is 4. The molecular weight excluding hydrogens is 441 g/mol. The highest BCUT2D eigenvalue weighted by Crippen LogP contribution is 2.19. The summed E-state index contributed by atoms with van der Waals surface area (Å²) in [5.74, 6) is 1.73. The molecule has 2 N–H and O–H groups in total. The Morgan fingerprint density at radius 2 is 2.12 bits per heavy atom. The summed E-state index contributed by atoms with van der Waals surface area (Å²) in [5, 5.41) is 11.1. The van der Waals surface area contributed by atoms with Crippen molar-refractivity contribution in [3.8, 4) is 11.4 Å². The van der Waals surface area contributed by atoms with Crippen LogP contribution in [0.2, 0.25) is 5.02 Å². The van der Waals surface area contributed by atoms with Crippen LogP contribution in [0.15, 0.2) is 33.8 Å². The lowest BCUT2D eigenvalue weighted by molar-refractivity contribution is 0.380. The van der Waals surface area contributed by atoms with Crippen molar-refractivity contribution in [1.82, 2.24) is 20.8 Å². The van der Waals surface area contributed by atoms with E-state index in [-0.39, 0.29) is 24.0 Å². The van der Waals surface area contributed by atoms with E-state index in [0.717, 1.165) is 37.5 Å². The molecule has 6 nitrogen and oxygen atoms in total. The first-order valence-electron chi connectivity index (χ1n) is 7.83. The van der Waals surface area contributed by atoms with E-state index in [2.05, 4.69) is 32.7 Å². The summed E-state index contributed by atoms with van der Waals surface area (Å²) < 4.78 is 5.25. The predicted octanol–water partition coefficient (Wildman–Crippen LogP) is 3.86. The molecule has 0 aliphatic carbocycles. The number of aliphatic imine (C=N–C) groups is 1. The van der Waals surface area contributed by atoms with Gasteiger partial charge in [-0.25, -0.2) is 4.99 Å². The first-order valence-corrected chi connectivity index (χ1v) is 8.21. The third-order valence-corrected chi connectivity index (χ3v) is 3.33. The Hall–Kier alpha value is -1.35. The second-order valence-corrected chi connectivity index (χ2v) is 5.43. The zero-order chi connectivity index (χ0) is 16.5. The normalized spacial score (nSPS) is 11.0. The maximum absolute atomic E-state index is 5.97. The maximum Gasteiger partial charge on any atom is 0.248 e. The van der Waals surface area contributed by atoms with Crippen molar-refractivity contribution in [2.24, 2.45) is 4.99 Å². The fraction of sp³-hybridized carbons (Fsp3) is 0.438. The van der Waals surface area contributed by atoms with Gasteiger partial charge in [0, 0.05) is 23.7 Å². The van der Waals surface area contributed by atoms with Crippen LogP contribution >= 0.6 is 35.6 Å². The molecule has 0 aliphatic heterocycles. The summed E-state index contributed by atoms with van der Waals surface area (Å²) in [7, 11) is 0. The third-order valence-electron chi connectivity index (χ3n) is 3.09. The molecule has 132 valence electrons. The maximum atomic E-state index is 5.97. The number of rotatable bonds is 7. The third kappa shape index (κ3) is 6.64. The lowest BCUT2D eigenvalue weighted by Crippen LogP contribution is -2.37. The van der Waals surface area contributed by atoms with Gasteiger partial charge in [-0.1, -0.05) is 42.2 Å². The summed E-state index contributed by atoms with van der Waals surface area (Å²) in [4.78, 5) is 8.80. The van der Waals surface area contributed by atoms with Crippen molar-refractivity contribution in [3.05, 3.63) is 35.2 Å². The molecule has 0 spiro atoms. The molecule has 0 atom stereocenters. The minimum Gasteiger partial charge on any atom is -0.357 e. The van der Waals surface area contributed by atoms with Crippen LogP contribution in [0.5, 0.6) is 0 Å². The van der Waals surface area contributed by atoms with E-state index in [1.807, 2.05) is 19.1 Å². The smallest absolute Gasteiger partial charge is 0.248 e. The van der Waals surface area contributed by atoms with Gasteiger partial charge in [-0.15, -0.1) is 24.0 Å². The molecule has 0 saturated heterocycles. The average Bonchev–Trinajstić information content (AvgIpc) is 3.02. The lowest BCUT2D eigenvalue weighted by Gasteiger charge is -2.09. The van der Waals surface area contributed by atoms with Crippen LogP contribution in [0.1, 0.15) is 32.6 Å². The predicted molar refractivity (Wildman–Crippen MR) is 108 cm³/mol. The summed E-state index contributed by atoms with van der Waals surface area (Å²) in [6.07, 6.45) is 2.24. The molecule has 1 heterocycles. The van der Waals surface area contributed by atoms with Crippen LogP contribution in [0.4, 0.5) is 0 Å². The van der Waals surface area contributed by atoms with Gasteiger partial charge in [0.15, 0.2) is 5.96 Å². The highest BCUT2D eigenvalue weighted by atomic mass is 127. The quantitative estimate of drug-likeness (QED) is 0.282. The molecule has 1 aromatic heterocycles. The van der Waals surface area contributed by atoms with Crippen LogP contribution in [0, 0.1) is 0 Å². The molecule has 0 bridgehead atoms. The van der Waals surface area contributed by atoms with Crippen LogP contribution in [0.3, 0.4) is 0 Å². The Kier molecular flexibility index (Phi) is 9.70. The fourth-order valence-electron chi connectivity index (χ4n) is 1.94. The van der Waals surface area contributed by atoms with Gasteiger partial charge in [0.25, 0.3) is 0 Å². The van der Waals surface area contributed by atoms with Gasteiger partial charge in [-0.05, 0) is 25.5 Å². The van der Waals surface area contributed by atoms with E-state index in [1.165, 1.54) is 0 Å². The number of unbranched alkanes of at least 4 members (excludes halogenated alkanes) is 1. The number of halogens is 2. The number of guanidine groups is 1. The monoisotopic (exact) mass is 463 g/mol. The minimum absolute atomic E-state index is 0. The van der Waals surface area contributed by atoms with Crippen LogP contribution in [-0.4, -0.2) is 29.2 Å². The van der Waals surface area contributed by atoms with Gasteiger partial charge in [0.1, 0.15) is 6.54 Å². The Bertz CT molecular complexity index is 647. The van der Waals surface area contributed by atoms with Crippen LogP contribution in [0.25, 0.3) is 11.4 Å². The average molecular weight is 464 g/mol. The van der Waals surface area contributed by atoms with Crippen molar-refractivity contribution in [2.45, 2.75) is 33.2 Å². The molecule has 0 amide bonds. The summed E-state index contributed by atoms with van der Waals surface area (Å²) in [6, 6.07) is 7.35. The van der Waals surface area contributed by atoms with Gasteiger partial charge in [0.05, 0.1) is 0 Å². The molecule has 2 aromatic rings. The van der Waals surface area contributed by atoms with Gasteiger partial charge < -0.3 is 15.2 Å². The molecular formula is C16H23ClIN5O. The Morgan fingerprint density at radius 3 is 2.83 bits per heavy atom. The minimum atomic E-state index is 0. The highest BCUT2D eigenvalue weighted by molar-refractivity contribution is 14.0. The largest absolute Gasteiger partial charge is 0.357 e. The van der Waals surface area contributed by atoms with Gasteiger partial charge in [0.2, 0.25) is 11.7 Å². The molecule has 0 saturated carbocycles. The van der Waals surface area contributed by atoms with Gasteiger partial charge in [-0.2, -0.15) is 4.98 Å². The number of hydrogen-bond donors (Lipinski definition) is 2. The van der Waals surface area contributed by atoms with E-state index >= 15 is 0 Å². The van der Waals surface area contributed by atoms with Crippen molar-refractivity contribution in [1.29, 1.82) is 0 Å². The molecule has 1 aromatic carbocycles. The lowest BCUT2D eigenvalue weighted by atomic mass is 10.2. The molecule has 0 aliphatic rings. The van der Waals surface area contributed by atoms with E-state index in [4.69, 9.17) is 16.1 Å². The highest BCUT2D eigenvalue weighted by Gasteiger charge is 2.09. The molecule has 0 radical (unpaired) electrons. The number of nitrogens with one attached hydrogen (secondary N) is 2. The standard InChI is InChI=1S/C16H22ClN5O.HI/c1-3-5-9-19-16(18-4-2)20-11-14-21-15(22-23-14)12-7-6-8-13(17)10-12;/h6-8,10H,3-5,9,11H2,1-2H3,(H2,18,19,20);1H. The summed E-state index contributed by atoms with van der Waals surface area (Å²) in [6.45, 7) is 6.20.